The van der Waals surface area contributed by atoms with E-state index in [-0.39, 0.29) is 10.6 Å². The molecule has 0 fully saturated rings. The first-order valence-corrected chi connectivity index (χ1v) is 8.30. The third-order valence-electron chi connectivity index (χ3n) is 2.53. The third-order valence-corrected chi connectivity index (χ3v) is 4.71. The van der Waals surface area contributed by atoms with Crippen LogP contribution in [0.15, 0.2) is 63.2 Å². The van der Waals surface area contributed by atoms with E-state index < -0.39 is 14.8 Å². The van der Waals surface area contributed by atoms with E-state index in [1.165, 1.54) is 23.9 Å². The van der Waals surface area contributed by atoms with Crippen LogP contribution in [-0.4, -0.2) is 19.6 Å². The van der Waals surface area contributed by atoms with E-state index in [0.717, 1.165) is 17.2 Å². The molecular formula is C13H11NO4S2. The summed E-state index contributed by atoms with van der Waals surface area (Å²) in [6, 6.07) is 13.1. The Morgan fingerprint density at radius 1 is 1.10 bits per heavy atom. The van der Waals surface area contributed by atoms with Crippen LogP contribution in [0.5, 0.6) is 0 Å². The van der Waals surface area contributed by atoms with Crippen molar-refractivity contribution >= 4 is 27.3 Å². The second-order valence-corrected chi connectivity index (χ2v) is 7.21. The lowest BCUT2D eigenvalue weighted by atomic mass is 10.3. The number of nitrogens with zero attached hydrogens (tertiary/aromatic N) is 1. The van der Waals surface area contributed by atoms with Gasteiger partial charge in [-0.2, -0.15) is 0 Å². The number of nitro benzene ring substituents is 1. The SMILES string of the molecule is CS(=O)(=O)c1ccc(Sc2ccccc2)c([N+](=O)[O-])c1. The van der Waals surface area contributed by atoms with Crippen molar-refractivity contribution in [1.29, 1.82) is 0 Å². The van der Waals surface area contributed by atoms with E-state index in [2.05, 4.69) is 0 Å². The number of nitro groups is 1. The molecule has 0 aliphatic heterocycles. The molecule has 0 aliphatic rings. The molecule has 0 atom stereocenters. The molecule has 0 N–H and O–H groups in total. The molecule has 0 amide bonds. The predicted molar refractivity (Wildman–Crippen MR) is 76.8 cm³/mol. The Morgan fingerprint density at radius 2 is 1.75 bits per heavy atom. The summed E-state index contributed by atoms with van der Waals surface area (Å²) in [6.45, 7) is 0. The van der Waals surface area contributed by atoms with Gasteiger partial charge in [-0.15, -0.1) is 0 Å². The van der Waals surface area contributed by atoms with Crippen molar-refractivity contribution in [2.75, 3.05) is 6.26 Å². The van der Waals surface area contributed by atoms with E-state index in [1.54, 1.807) is 0 Å². The summed E-state index contributed by atoms with van der Waals surface area (Å²) in [6.07, 6.45) is 1.02. The highest BCUT2D eigenvalue weighted by Crippen LogP contribution is 2.35. The second-order valence-electron chi connectivity index (χ2n) is 4.07. The Kier molecular flexibility index (Phi) is 4.10. The monoisotopic (exact) mass is 309 g/mol. The highest BCUT2D eigenvalue weighted by molar-refractivity contribution is 7.99. The molecule has 0 radical (unpaired) electrons. The molecule has 2 aromatic carbocycles. The Balaban J connectivity index is 2.46. The van der Waals surface area contributed by atoms with Crippen LogP contribution >= 0.6 is 11.8 Å². The summed E-state index contributed by atoms with van der Waals surface area (Å²) in [4.78, 5) is 11.7. The van der Waals surface area contributed by atoms with Crippen molar-refractivity contribution in [3.63, 3.8) is 0 Å². The molecule has 0 saturated heterocycles. The fourth-order valence-corrected chi connectivity index (χ4v) is 3.13. The minimum atomic E-state index is -3.46. The van der Waals surface area contributed by atoms with Crippen LogP contribution in [0.3, 0.4) is 0 Å². The topological polar surface area (TPSA) is 77.3 Å². The molecule has 0 aromatic heterocycles. The van der Waals surface area contributed by atoms with Gasteiger partial charge in [-0.05, 0) is 24.3 Å². The van der Waals surface area contributed by atoms with E-state index >= 15 is 0 Å². The summed E-state index contributed by atoms with van der Waals surface area (Å²) < 4.78 is 22.9. The molecule has 5 nitrogen and oxygen atoms in total. The summed E-state index contributed by atoms with van der Waals surface area (Å²) in [7, 11) is -3.46. The molecule has 0 unspecified atom stereocenters. The highest BCUT2D eigenvalue weighted by atomic mass is 32.2. The Hall–Kier alpha value is -1.86. The number of sulfone groups is 1. The molecule has 0 heterocycles. The van der Waals surface area contributed by atoms with Gasteiger partial charge in [0.1, 0.15) is 0 Å². The van der Waals surface area contributed by atoms with Crippen LogP contribution in [0.25, 0.3) is 0 Å². The summed E-state index contributed by atoms with van der Waals surface area (Å²) in [5.41, 5.74) is -0.207. The van der Waals surface area contributed by atoms with Gasteiger partial charge >= 0.3 is 0 Å². The Morgan fingerprint density at radius 3 is 2.30 bits per heavy atom. The maximum Gasteiger partial charge on any atom is 0.284 e. The van der Waals surface area contributed by atoms with Gasteiger partial charge in [0.25, 0.3) is 5.69 Å². The molecule has 0 spiro atoms. The molecule has 7 heteroatoms. The zero-order valence-corrected chi connectivity index (χ0v) is 12.1. The van der Waals surface area contributed by atoms with Gasteiger partial charge in [0.15, 0.2) is 9.84 Å². The molecule has 0 saturated carbocycles. The summed E-state index contributed by atoms with van der Waals surface area (Å²) >= 11 is 1.23. The summed E-state index contributed by atoms with van der Waals surface area (Å²) in [5, 5.41) is 11.1. The van der Waals surface area contributed by atoms with Crippen molar-refractivity contribution in [3.8, 4) is 0 Å². The fourth-order valence-electron chi connectivity index (χ4n) is 1.57. The predicted octanol–water partition coefficient (Wildman–Crippen LogP) is 3.15. The van der Waals surface area contributed by atoms with E-state index in [9.17, 15) is 18.5 Å². The molecule has 104 valence electrons. The molecule has 2 rings (SSSR count). The van der Waals surface area contributed by atoms with E-state index in [1.807, 2.05) is 30.3 Å². The van der Waals surface area contributed by atoms with Gasteiger partial charge in [-0.3, -0.25) is 10.1 Å². The van der Waals surface area contributed by atoms with Crippen molar-refractivity contribution in [3.05, 3.63) is 58.6 Å². The van der Waals surface area contributed by atoms with Gasteiger partial charge in [-0.1, -0.05) is 30.0 Å². The average Bonchev–Trinajstić information content (AvgIpc) is 2.38. The van der Waals surface area contributed by atoms with Crippen LogP contribution < -0.4 is 0 Å². The molecular weight excluding hydrogens is 298 g/mol. The smallest absolute Gasteiger partial charge is 0.258 e. The maximum absolute atomic E-state index is 11.4. The zero-order valence-electron chi connectivity index (χ0n) is 10.5. The van der Waals surface area contributed by atoms with Gasteiger partial charge in [-0.25, -0.2) is 8.42 Å². The summed E-state index contributed by atoms with van der Waals surface area (Å²) in [5.74, 6) is 0. The number of benzene rings is 2. The van der Waals surface area contributed by atoms with Crippen molar-refractivity contribution in [1.82, 2.24) is 0 Å². The number of rotatable bonds is 4. The standard InChI is InChI=1S/C13H11NO4S2/c1-20(17,18)11-7-8-13(12(9-11)14(15)16)19-10-5-3-2-4-6-10/h2-9H,1H3. The number of hydrogen-bond donors (Lipinski definition) is 0. The minimum Gasteiger partial charge on any atom is -0.258 e. The Bertz CT molecular complexity index is 742. The lowest BCUT2D eigenvalue weighted by molar-refractivity contribution is -0.388. The third kappa shape index (κ3) is 3.37. The normalized spacial score (nSPS) is 11.2. The van der Waals surface area contributed by atoms with Gasteiger partial charge < -0.3 is 0 Å². The molecule has 20 heavy (non-hydrogen) atoms. The first kappa shape index (κ1) is 14.5. The van der Waals surface area contributed by atoms with Gasteiger partial charge in [0.2, 0.25) is 0 Å². The average molecular weight is 309 g/mol. The van der Waals surface area contributed by atoms with Crippen molar-refractivity contribution in [2.45, 2.75) is 14.7 Å². The fraction of sp³-hybridized carbons (Fsp3) is 0.0769. The minimum absolute atomic E-state index is 0.0541. The highest BCUT2D eigenvalue weighted by Gasteiger charge is 2.19. The quantitative estimate of drug-likeness (QED) is 0.640. The lowest BCUT2D eigenvalue weighted by Gasteiger charge is -2.05. The Labute approximate surface area is 120 Å². The molecule has 0 aliphatic carbocycles. The van der Waals surface area contributed by atoms with Crippen LogP contribution in [-0.2, 0) is 9.84 Å². The first-order chi connectivity index (χ1) is 9.38. The van der Waals surface area contributed by atoms with E-state index in [4.69, 9.17) is 0 Å². The van der Waals surface area contributed by atoms with Crippen molar-refractivity contribution in [2.24, 2.45) is 0 Å². The lowest BCUT2D eigenvalue weighted by Crippen LogP contribution is -1.99. The largest absolute Gasteiger partial charge is 0.284 e. The zero-order chi connectivity index (χ0) is 14.8. The maximum atomic E-state index is 11.4. The van der Waals surface area contributed by atoms with Crippen LogP contribution in [0.4, 0.5) is 5.69 Å². The first-order valence-electron chi connectivity index (χ1n) is 5.59. The van der Waals surface area contributed by atoms with Gasteiger partial charge in [0, 0.05) is 17.2 Å². The molecule has 0 bridgehead atoms. The van der Waals surface area contributed by atoms with Crippen LogP contribution in [0.1, 0.15) is 0 Å². The van der Waals surface area contributed by atoms with Gasteiger partial charge in [0.05, 0.1) is 14.7 Å². The second kappa shape index (κ2) is 5.64. The van der Waals surface area contributed by atoms with Crippen molar-refractivity contribution < 1.29 is 13.3 Å². The van der Waals surface area contributed by atoms with Crippen LogP contribution in [0.2, 0.25) is 0 Å². The molecule has 2 aromatic rings. The number of hydrogen-bond acceptors (Lipinski definition) is 5. The van der Waals surface area contributed by atoms with Crippen LogP contribution in [0, 0.1) is 10.1 Å². The van der Waals surface area contributed by atoms with E-state index in [0.29, 0.717) is 4.90 Å².